The smallest absolute Gasteiger partial charge is 0.221 e. The second-order valence-electron chi connectivity index (χ2n) is 3.81. The summed E-state index contributed by atoms with van der Waals surface area (Å²) in [6.07, 6.45) is 3.39. The van der Waals surface area contributed by atoms with Crippen LogP contribution in [0.15, 0.2) is 24.3 Å². The third-order valence-corrected chi connectivity index (χ3v) is 2.76. The van der Waals surface area contributed by atoms with Gasteiger partial charge in [-0.15, -0.1) is 0 Å². The summed E-state index contributed by atoms with van der Waals surface area (Å²) in [7, 11) is 0. The Morgan fingerprint density at radius 1 is 1.35 bits per heavy atom. The third kappa shape index (κ3) is 6.31. The fourth-order valence-corrected chi connectivity index (χ4v) is 1.83. The molecule has 1 N–H and O–H groups in total. The third-order valence-electron chi connectivity index (χ3n) is 2.20. The van der Waals surface area contributed by atoms with E-state index >= 15 is 0 Å². The molecule has 0 aliphatic heterocycles. The Morgan fingerprint density at radius 2 is 2.18 bits per heavy atom. The van der Waals surface area contributed by atoms with Crippen LogP contribution in [-0.2, 0) is 4.79 Å². The number of anilines is 1. The van der Waals surface area contributed by atoms with Crippen molar-refractivity contribution in [3.05, 3.63) is 24.3 Å². The zero-order valence-corrected chi connectivity index (χ0v) is 11.6. The van der Waals surface area contributed by atoms with Crippen LogP contribution in [0.1, 0.15) is 26.2 Å². The summed E-state index contributed by atoms with van der Waals surface area (Å²) in [5, 5.41) is 3.78. The Hall–Kier alpha value is -1.03. The standard InChI is InChI=1S/C13H18BrNO2/c1-11(16)15-12-6-5-7-13(10-12)17-9-4-2-3-8-14/h5-7,10H,2-4,8-9H2,1H3,(H,15,16). The molecule has 1 amide bonds. The molecule has 4 heteroatoms. The van der Waals surface area contributed by atoms with Gasteiger partial charge in [0.05, 0.1) is 6.61 Å². The van der Waals surface area contributed by atoms with Crippen molar-refractivity contribution in [2.24, 2.45) is 0 Å². The van der Waals surface area contributed by atoms with Crippen molar-refractivity contribution in [2.75, 3.05) is 17.3 Å². The lowest BCUT2D eigenvalue weighted by Crippen LogP contribution is -2.06. The highest BCUT2D eigenvalue weighted by Crippen LogP contribution is 2.17. The number of hydrogen-bond donors (Lipinski definition) is 1. The first kappa shape index (κ1) is 14.0. The first-order valence-corrected chi connectivity index (χ1v) is 6.91. The average Bonchev–Trinajstić information content (AvgIpc) is 2.28. The van der Waals surface area contributed by atoms with Gasteiger partial charge in [-0.3, -0.25) is 4.79 Å². The van der Waals surface area contributed by atoms with Crippen LogP contribution in [0, 0.1) is 0 Å². The van der Waals surface area contributed by atoms with Crippen molar-refractivity contribution in [1.29, 1.82) is 0 Å². The van der Waals surface area contributed by atoms with Crippen LogP contribution in [-0.4, -0.2) is 17.8 Å². The topological polar surface area (TPSA) is 38.3 Å². The SMILES string of the molecule is CC(=O)Nc1cccc(OCCCCCBr)c1. The summed E-state index contributed by atoms with van der Waals surface area (Å²) in [6.45, 7) is 2.21. The molecule has 0 aliphatic rings. The quantitative estimate of drug-likeness (QED) is 0.617. The van der Waals surface area contributed by atoms with Gasteiger partial charge in [0.15, 0.2) is 0 Å². The summed E-state index contributed by atoms with van der Waals surface area (Å²) >= 11 is 3.40. The number of hydrogen-bond acceptors (Lipinski definition) is 2. The number of ether oxygens (including phenoxy) is 1. The number of benzene rings is 1. The van der Waals surface area contributed by atoms with Crippen LogP contribution in [0.3, 0.4) is 0 Å². The van der Waals surface area contributed by atoms with E-state index in [2.05, 4.69) is 21.2 Å². The molecule has 0 atom stereocenters. The van der Waals surface area contributed by atoms with Crippen molar-refractivity contribution in [3.8, 4) is 5.75 Å². The van der Waals surface area contributed by atoms with Gasteiger partial charge in [-0.1, -0.05) is 22.0 Å². The number of carbonyl (C=O) groups excluding carboxylic acids is 1. The second kappa shape index (κ2) is 8.12. The first-order valence-electron chi connectivity index (χ1n) is 5.79. The predicted octanol–water partition coefficient (Wildman–Crippen LogP) is 3.59. The zero-order chi connectivity index (χ0) is 12.5. The normalized spacial score (nSPS) is 10.0. The number of alkyl halides is 1. The van der Waals surface area contributed by atoms with Crippen molar-refractivity contribution < 1.29 is 9.53 Å². The van der Waals surface area contributed by atoms with E-state index in [1.807, 2.05) is 24.3 Å². The van der Waals surface area contributed by atoms with Gasteiger partial charge in [0.25, 0.3) is 0 Å². The van der Waals surface area contributed by atoms with Gasteiger partial charge in [0, 0.05) is 24.0 Å². The van der Waals surface area contributed by atoms with E-state index in [-0.39, 0.29) is 5.91 Å². The lowest BCUT2D eigenvalue weighted by molar-refractivity contribution is -0.114. The van der Waals surface area contributed by atoms with E-state index < -0.39 is 0 Å². The van der Waals surface area contributed by atoms with Gasteiger partial charge in [-0.25, -0.2) is 0 Å². The summed E-state index contributed by atoms with van der Waals surface area (Å²) in [4.78, 5) is 10.9. The number of unbranched alkanes of at least 4 members (excludes halogenated alkanes) is 2. The summed E-state index contributed by atoms with van der Waals surface area (Å²) in [5.41, 5.74) is 0.774. The van der Waals surface area contributed by atoms with E-state index in [1.54, 1.807) is 0 Å². The maximum absolute atomic E-state index is 10.9. The molecule has 0 bridgehead atoms. The fourth-order valence-electron chi connectivity index (χ4n) is 1.43. The van der Waals surface area contributed by atoms with Gasteiger partial charge in [-0.2, -0.15) is 0 Å². The Kier molecular flexibility index (Phi) is 6.70. The zero-order valence-electron chi connectivity index (χ0n) is 10.0. The minimum Gasteiger partial charge on any atom is -0.494 e. The molecular weight excluding hydrogens is 282 g/mol. The Labute approximate surface area is 111 Å². The molecule has 1 aromatic carbocycles. The molecular formula is C13H18BrNO2. The average molecular weight is 300 g/mol. The van der Waals surface area contributed by atoms with Crippen molar-refractivity contribution in [2.45, 2.75) is 26.2 Å². The highest BCUT2D eigenvalue weighted by molar-refractivity contribution is 9.09. The summed E-state index contributed by atoms with van der Waals surface area (Å²) < 4.78 is 5.61. The fraction of sp³-hybridized carbons (Fsp3) is 0.462. The van der Waals surface area contributed by atoms with Gasteiger partial charge >= 0.3 is 0 Å². The minimum atomic E-state index is -0.0699. The van der Waals surface area contributed by atoms with E-state index in [1.165, 1.54) is 13.3 Å². The van der Waals surface area contributed by atoms with Gasteiger partial charge in [-0.05, 0) is 31.4 Å². The van der Waals surface area contributed by atoms with E-state index in [0.29, 0.717) is 0 Å². The van der Waals surface area contributed by atoms with E-state index in [0.717, 1.165) is 36.2 Å². The molecule has 3 nitrogen and oxygen atoms in total. The second-order valence-corrected chi connectivity index (χ2v) is 4.60. The lowest BCUT2D eigenvalue weighted by Gasteiger charge is -2.08. The minimum absolute atomic E-state index is 0.0699. The summed E-state index contributed by atoms with van der Waals surface area (Å²) in [5.74, 6) is 0.731. The lowest BCUT2D eigenvalue weighted by atomic mass is 10.2. The highest BCUT2D eigenvalue weighted by Gasteiger charge is 1.98. The number of carbonyl (C=O) groups is 1. The summed E-state index contributed by atoms with van der Waals surface area (Å²) in [6, 6.07) is 7.46. The van der Waals surface area contributed by atoms with Crippen molar-refractivity contribution in [3.63, 3.8) is 0 Å². The van der Waals surface area contributed by atoms with Crippen LogP contribution < -0.4 is 10.1 Å². The number of amides is 1. The highest BCUT2D eigenvalue weighted by atomic mass is 79.9. The Morgan fingerprint density at radius 3 is 2.88 bits per heavy atom. The maximum atomic E-state index is 10.9. The van der Waals surface area contributed by atoms with Gasteiger partial charge in [0.2, 0.25) is 5.91 Å². The largest absolute Gasteiger partial charge is 0.494 e. The predicted molar refractivity (Wildman–Crippen MR) is 73.9 cm³/mol. The molecule has 0 spiro atoms. The van der Waals surface area contributed by atoms with Crippen LogP contribution in [0.5, 0.6) is 5.75 Å². The Bertz CT molecular complexity index is 355. The molecule has 0 saturated heterocycles. The number of rotatable bonds is 7. The van der Waals surface area contributed by atoms with Crippen molar-refractivity contribution in [1.82, 2.24) is 0 Å². The molecule has 0 aliphatic carbocycles. The molecule has 17 heavy (non-hydrogen) atoms. The Balaban J connectivity index is 2.35. The van der Waals surface area contributed by atoms with Crippen molar-refractivity contribution >= 4 is 27.5 Å². The maximum Gasteiger partial charge on any atom is 0.221 e. The van der Waals surface area contributed by atoms with E-state index in [9.17, 15) is 4.79 Å². The molecule has 0 heterocycles. The van der Waals surface area contributed by atoms with Crippen LogP contribution in [0.2, 0.25) is 0 Å². The van der Waals surface area contributed by atoms with Crippen LogP contribution in [0.4, 0.5) is 5.69 Å². The molecule has 0 saturated carbocycles. The van der Waals surface area contributed by atoms with E-state index in [4.69, 9.17) is 4.74 Å². The van der Waals surface area contributed by atoms with Crippen LogP contribution in [0.25, 0.3) is 0 Å². The molecule has 1 aromatic rings. The monoisotopic (exact) mass is 299 g/mol. The molecule has 0 radical (unpaired) electrons. The number of nitrogens with one attached hydrogen (secondary N) is 1. The number of halogens is 1. The molecule has 0 unspecified atom stereocenters. The van der Waals surface area contributed by atoms with Gasteiger partial charge in [0.1, 0.15) is 5.75 Å². The first-order chi connectivity index (χ1) is 8.22. The molecule has 0 aromatic heterocycles. The van der Waals surface area contributed by atoms with Crippen LogP contribution >= 0.6 is 15.9 Å². The van der Waals surface area contributed by atoms with Gasteiger partial charge < -0.3 is 10.1 Å². The molecule has 94 valence electrons. The molecule has 1 rings (SSSR count). The molecule has 0 fully saturated rings.